The van der Waals surface area contributed by atoms with Crippen molar-refractivity contribution >= 4 is 8.53 Å². The SMILES string of the molecule is CCCOP(OC1[C@@H]2OC[C@]1(COC(c1ccccc1)(c1ccc(OC)cc1)c1ccc(OC)cc1)O[C@H]2n1ccccc1=O)N(C(C)C)C(C)C. The summed E-state index contributed by atoms with van der Waals surface area (Å²) in [5.41, 5.74) is 0.309. The highest BCUT2D eigenvalue weighted by atomic mass is 31.2. The summed E-state index contributed by atoms with van der Waals surface area (Å²) < 4.78 is 49.5. The highest BCUT2D eigenvalue weighted by Gasteiger charge is 2.65. The van der Waals surface area contributed by atoms with Crippen molar-refractivity contribution in [1.29, 1.82) is 0 Å². The van der Waals surface area contributed by atoms with Crippen LogP contribution in [-0.2, 0) is 28.9 Å². The average Bonchev–Trinajstić information content (AvgIpc) is 3.66. The normalized spacial score (nSPS) is 22.0. The van der Waals surface area contributed by atoms with Gasteiger partial charge in [-0.15, -0.1) is 0 Å². The molecular formula is C41H51N2O8P. The number of aromatic nitrogens is 1. The lowest BCUT2D eigenvalue weighted by molar-refractivity contribution is -0.203. The molecular weight excluding hydrogens is 679 g/mol. The molecule has 2 unspecified atom stereocenters. The number of benzene rings is 3. The quantitative estimate of drug-likeness (QED) is 0.0801. The van der Waals surface area contributed by atoms with E-state index in [-0.39, 0.29) is 30.9 Å². The number of hydrogen-bond acceptors (Lipinski definition) is 9. The third-order valence-corrected chi connectivity index (χ3v) is 11.8. The molecule has 0 radical (unpaired) electrons. The lowest BCUT2D eigenvalue weighted by atomic mass is 9.79. The van der Waals surface area contributed by atoms with E-state index in [1.54, 1.807) is 31.0 Å². The fraction of sp³-hybridized carbons (Fsp3) is 0.439. The molecule has 3 aromatic carbocycles. The first-order valence-electron chi connectivity index (χ1n) is 18.0. The molecule has 2 bridgehead atoms. The predicted molar refractivity (Wildman–Crippen MR) is 202 cm³/mol. The minimum Gasteiger partial charge on any atom is -0.497 e. The van der Waals surface area contributed by atoms with Gasteiger partial charge in [0.2, 0.25) is 0 Å². The molecule has 2 aliphatic rings. The van der Waals surface area contributed by atoms with Crippen molar-refractivity contribution in [3.63, 3.8) is 0 Å². The van der Waals surface area contributed by atoms with Crippen LogP contribution in [0.2, 0.25) is 0 Å². The molecule has 2 fully saturated rings. The zero-order chi connectivity index (χ0) is 36.9. The first kappa shape index (κ1) is 38.1. The number of nitrogens with zero attached hydrogens (tertiary/aromatic N) is 2. The highest BCUT2D eigenvalue weighted by molar-refractivity contribution is 7.44. The summed E-state index contributed by atoms with van der Waals surface area (Å²) in [5.74, 6) is 1.46. The molecule has 11 heteroatoms. The van der Waals surface area contributed by atoms with Crippen molar-refractivity contribution in [2.24, 2.45) is 0 Å². The molecule has 4 aromatic rings. The van der Waals surface area contributed by atoms with Crippen molar-refractivity contribution in [2.75, 3.05) is 34.0 Å². The molecule has 278 valence electrons. The Morgan fingerprint density at radius 1 is 0.846 bits per heavy atom. The molecule has 0 aliphatic carbocycles. The molecule has 0 spiro atoms. The summed E-state index contributed by atoms with van der Waals surface area (Å²) >= 11 is 0. The van der Waals surface area contributed by atoms with Crippen molar-refractivity contribution in [3.05, 3.63) is 130 Å². The van der Waals surface area contributed by atoms with Crippen LogP contribution < -0.4 is 15.0 Å². The molecule has 10 nitrogen and oxygen atoms in total. The third kappa shape index (κ3) is 7.44. The van der Waals surface area contributed by atoms with Gasteiger partial charge in [0, 0.05) is 24.3 Å². The van der Waals surface area contributed by atoms with E-state index in [0.717, 1.165) is 34.6 Å². The maximum atomic E-state index is 13.2. The number of rotatable bonds is 17. The van der Waals surface area contributed by atoms with Gasteiger partial charge in [0.25, 0.3) is 14.1 Å². The van der Waals surface area contributed by atoms with Gasteiger partial charge in [-0.25, -0.2) is 4.67 Å². The van der Waals surface area contributed by atoms with Gasteiger partial charge in [0.05, 0.1) is 34.0 Å². The van der Waals surface area contributed by atoms with E-state index in [1.807, 2.05) is 72.8 Å². The number of ether oxygens (including phenoxy) is 5. The first-order valence-corrected chi connectivity index (χ1v) is 19.1. The Labute approximate surface area is 308 Å². The monoisotopic (exact) mass is 730 g/mol. The number of pyridine rings is 1. The highest BCUT2D eigenvalue weighted by Crippen LogP contribution is 2.56. The summed E-state index contributed by atoms with van der Waals surface area (Å²) in [5, 5.41) is 0. The predicted octanol–water partition coefficient (Wildman–Crippen LogP) is 7.70. The van der Waals surface area contributed by atoms with Gasteiger partial charge < -0.3 is 32.7 Å². The topological polar surface area (TPSA) is 89.9 Å². The van der Waals surface area contributed by atoms with E-state index in [2.05, 4.69) is 51.4 Å². The van der Waals surface area contributed by atoms with E-state index < -0.39 is 38.2 Å². The largest absolute Gasteiger partial charge is 0.497 e. The second-order valence-electron chi connectivity index (χ2n) is 13.8. The minimum atomic E-state index is -1.54. The number of fused-ring (bicyclic) bond motifs is 2. The third-order valence-electron chi connectivity index (χ3n) is 9.66. The van der Waals surface area contributed by atoms with E-state index in [0.29, 0.717) is 6.61 Å². The Kier molecular flexibility index (Phi) is 12.2. The number of hydrogen-bond donors (Lipinski definition) is 0. The van der Waals surface area contributed by atoms with Gasteiger partial charge in [-0.1, -0.05) is 67.6 Å². The fourth-order valence-corrected chi connectivity index (χ4v) is 9.12. The molecule has 0 N–H and O–H groups in total. The second kappa shape index (κ2) is 16.6. The van der Waals surface area contributed by atoms with Gasteiger partial charge in [-0.3, -0.25) is 9.36 Å². The summed E-state index contributed by atoms with van der Waals surface area (Å²) in [7, 11) is 1.77. The van der Waals surface area contributed by atoms with Crippen molar-refractivity contribution in [3.8, 4) is 11.5 Å². The minimum absolute atomic E-state index is 0.0690. The molecule has 1 aromatic heterocycles. The van der Waals surface area contributed by atoms with Crippen LogP contribution >= 0.6 is 8.53 Å². The molecule has 0 saturated carbocycles. The Hall–Kier alpha value is -3.60. The molecule has 2 aliphatic heterocycles. The van der Waals surface area contributed by atoms with Crippen LogP contribution in [0.25, 0.3) is 0 Å². The average molecular weight is 731 g/mol. The Morgan fingerprint density at radius 3 is 1.96 bits per heavy atom. The molecule has 2 saturated heterocycles. The van der Waals surface area contributed by atoms with Gasteiger partial charge in [0.1, 0.15) is 34.9 Å². The Balaban J connectivity index is 1.47. The van der Waals surface area contributed by atoms with Crippen LogP contribution in [0.4, 0.5) is 0 Å². The zero-order valence-corrected chi connectivity index (χ0v) is 32.0. The summed E-state index contributed by atoms with van der Waals surface area (Å²) in [6.45, 7) is 11.5. The molecule has 5 atom stereocenters. The van der Waals surface area contributed by atoms with Gasteiger partial charge in [-0.05, 0) is 81.1 Å². The van der Waals surface area contributed by atoms with Crippen LogP contribution in [0.5, 0.6) is 11.5 Å². The summed E-state index contributed by atoms with van der Waals surface area (Å²) in [6.07, 6.45) is 0.628. The van der Waals surface area contributed by atoms with Crippen LogP contribution in [0.1, 0.15) is 64.0 Å². The van der Waals surface area contributed by atoms with Crippen molar-refractivity contribution < 1.29 is 32.7 Å². The smallest absolute Gasteiger partial charge is 0.259 e. The van der Waals surface area contributed by atoms with Crippen LogP contribution in [0.3, 0.4) is 0 Å². The Bertz CT molecular complexity index is 1730. The Morgan fingerprint density at radius 2 is 1.42 bits per heavy atom. The van der Waals surface area contributed by atoms with E-state index >= 15 is 0 Å². The lowest BCUT2D eigenvalue weighted by Gasteiger charge is -2.41. The lowest BCUT2D eigenvalue weighted by Crippen LogP contribution is -2.49. The maximum absolute atomic E-state index is 13.2. The van der Waals surface area contributed by atoms with Crippen molar-refractivity contribution in [2.45, 2.75) is 82.8 Å². The van der Waals surface area contributed by atoms with Gasteiger partial charge in [-0.2, -0.15) is 0 Å². The summed E-state index contributed by atoms with van der Waals surface area (Å²) in [6, 6.07) is 31.4. The molecule has 3 heterocycles. The van der Waals surface area contributed by atoms with Crippen molar-refractivity contribution in [1.82, 2.24) is 9.24 Å². The second-order valence-corrected chi connectivity index (χ2v) is 15.2. The molecule has 52 heavy (non-hydrogen) atoms. The zero-order valence-electron chi connectivity index (χ0n) is 31.1. The molecule has 6 rings (SSSR count). The first-order chi connectivity index (χ1) is 25.2. The van der Waals surface area contributed by atoms with Gasteiger partial charge >= 0.3 is 0 Å². The van der Waals surface area contributed by atoms with E-state index in [4.69, 9.17) is 32.7 Å². The standard InChI is InChI=1S/C41H51N2O8P/c1-8-26-49-52(43(29(2)3)30(4)5)51-38-37-39(42-25-13-12-16-36(42)44)50-40(38,27-47-37)28-48-41(31-14-10-9-11-15-31,32-17-21-34(45-6)22-18-32)33-19-23-35(46-7)24-20-33/h9-25,29-30,37-39H,8,26-28H2,1-7H3/t37-,38?,39+,40+,52?/m0/s1. The fourth-order valence-electron chi connectivity index (χ4n) is 7.22. The molecule has 0 amide bonds. The summed E-state index contributed by atoms with van der Waals surface area (Å²) in [4.78, 5) is 13.2. The maximum Gasteiger partial charge on any atom is 0.259 e. The van der Waals surface area contributed by atoms with Gasteiger partial charge in [0.15, 0.2) is 6.23 Å². The number of methoxy groups -OCH3 is 2. The van der Waals surface area contributed by atoms with Crippen LogP contribution in [0, 0.1) is 0 Å². The van der Waals surface area contributed by atoms with Crippen LogP contribution in [-0.4, -0.2) is 73.2 Å². The van der Waals surface area contributed by atoms with Crippen LogP contribution in [0.15, 0.2) is 108 Å². The van der Waals surface area contributed by atoms with E-state index in [9.17, 15) is 4.79 Å². The van der Waals surface area contributed by atoms with E-state index in [1.165, 1.54) is 6.07 Å².